The fourth-order valence-electron chi connectivity index (χ4n) is 2.84. The van der Waals surface area contributed by atoms with Gasteiger partial charge in [0.25, 0.3) is 5.91 Å². The van der Waals surface area contributed by atoms with Gasteiger partial charge in [-0.2, -0.15) is 0 Å². The summed E-state index contributed by atoms with van der Waals surface area (Å²) in [5.74, 6) is -0.660. The van der Waals surface area contributed by atoms with Gasteiger partial charge in [-0.3, -0.25) is 9.59 Å². The molecule has 0 spiro atoms. The second kappa shape index (κ2) is 6.73. The van der Waals surface area contributed by atoms with Crippen LogP contribution in [0.2, 0.25) is 0 Å². The van der Waals surface area contributed by atoms with Gasteiger partial charge in [-0.15, -0.1) is 0 Å². The zero-order chi connectivity index (χ0) is 17.1. The van der Waals surface area contributed by atoms with Crippen molar-refractivity contribution >= 4 is 22.8 Å². The third-order valence-corrected chi connectivity index (χ3v) is 3.91. The zero-order valence-electron chi connectivity index (χ0n) is 13.9. The Morgan fingerprint density at radius 2 is 2.04 bits per heavy atom. The van der Waals surface area contributed by atoms with E-state index in [1.54, 1.807) is 7.11 Å². The molecular weight excluding hydrogens is 296 g/mol. The van der Waals surface area contributed by atoms with Crippen LogP contribution in [0.5, 0.6) is 5.75 Å². The Balaban J connectivity index is 2.63. The van der Waals surface area contributed by atoms with Crippen LogP contribution >= 0.6 is 0 Å². The van der Waals surface area contributed by atoms with Crippen LogP contribution in [0.1, 0.15) is 29.4 Å². The number of rotatable bonds is 6. The summed E-state index contributed by atoms with van der Waals surface area (Å²) in [6, 6.07) is 5.63. The van der Waals surface area contributed by atoms with Crippen molar-refractivity contribution in [3.8, 4) is 5.75 Å². The minimum Gasteiger partial charge on any atom is -0.497 e. The molecule has 0 radical (unpaired) electrons. The van der Waals surface area contributed by atoms with Gasteiger partial charge in [-0.1, -0.05) is 6.92 Å². The Morgan fingerprint density at radius 1 is 1.35 bits per heavy atom. The van der Waals surface area contributed by atoms with Crippen LogP contribution in [0.4, 0.5) is 0 Å². The van der Waals surface area contributed by atoms with Crippen molar-refractivity contribution in [2.75, 3.05) is 20.7 Å². The molecular formula is C17H22N2O4. The van der Waals surface area contributed by atoms with Gasteiger partial charge in [0, 0.05) is 30.2 Å². The van der Waals surface area contributed by atoms with Crippen molar-refractivity contribution in [1.82, 2.24) is 9.47 Å². The first kappa shape index (κ1) is 16.9. The van der Waals surface area contributed by atoms with Crippen LogP contribution in [0.25, 0.3) is 10.9 Å². The third kappa shape index (κ3) is 3.16. The maximum Gasteiger partial charge on any atom is 0.323 e. The van der Waals surface area contributed by atoms with Crippen molar-refractivity contribution < 1.29 is 19.4 Å². The molecule has 124 valence electrons. The van der Waals surface area contributed by atoms with Crippen molar-refractivity contribution in [2.45, 2.75) is 26.8 Å². The summed E-state index contributed by atoms with van der Waals surface area (Å²) in [6.45, 7) is 4.43. The second-order valence-corrected chi connectivity index (χ2v) is 5.55. The number of fused-ring (bicyclic) bond motifs is 1. The van der Waals surface area contributed by atoms with E-state index in [1.165, 1.54) is 11.9 Å². The molecule has 0 bridgehead atoms. The van der Waals surface area contributed by atoms with E-state index in [0.29, 0.717) is 11.3 Å². The van der Waals surface area contributed by atoms with E-state index >= 15 is 0 Å². The number of aliphatic carboxylic acids is 1. The molecule has 0 saturated carbocycles. The number of hydrogen-bond acceptors (Lipinski definition) is 3. The Labute approximate surface area is 135 Å². The van der Waals surface area contributed by atoms with E-state index in [9.17, 15) is 9.59 Å². The largest absolute Gasteiger partial charge is 0.497 e. The lowest BCUT2D eigenvalue weighted by molar-refractivity contribution is -0.137. The van der Waals surface area contributed by atoms with E-state index in [2.05, 4.69) is 11.5 Å². The van der Waals surface area contributed by atoms with Crippen molar-refractivity contribution in [3.63, 3.8) is 0 Å². The molecule has 0 aliphatic heterocycles. The molecule has 1 heterocycles. The first-order valence-electron chi connectivity index (χ1n) is 7.54. The van der Waals surface area contributed by atoms with Crippen LogP contribution in [-0.2, 0) is 11.3 Å². The molecule has 6 nitrogen and oxygen atoms in total. The molecule has 2 aromatic rings. The normalized spacial score (nSPS) is 10.8. The summed E-state index contributed by atoms with van der Waals surface area (Å²) >= 11 is 0. The summed E-state index contributed by atoms with van der Waals surface area (Å²) < 4.78 is 7.36. The number of benzene rings is 1. The molecule has 0 aliphatic carbocycles. The van der Waals surface area contributed by atoms with Gasteiger partial charge in [-0.05, 0) is 31.5 Å². The molecule has 1 aromatic heterocycles. The Hall–Kier alpha value is -2.50. The third-order valence-electron chi connectivity index (χ3n) is 3.91. The predicted octanol–water partition coefficient (Wildman–Crippen LogP) is 2.52. The predicted molar refractivity (Wildman–Crippen MR) is 88.1 cm³/mol. The quantitative estimate of drug-likeness (QED) is 0.888. The molecule has 0 fully saturated rings. The smallest absolute Gasteiger partial charge is 0.323 e. The molecule has 1 aromatic carbocycles. The Bertz CT molecular complexity index is 749. The average molecular weight is 318 g/mol. The number of carboxylic acids is 1. The Kier molecular flexibility index (Phi) is 4.93. The number of amides is 1. The SMILES string of the molecule is CCCn1c(C)c(C(=O)N(C)CC(=O)O)c2cc(OC)ccc21. The number of aromatic nitrogens is 1. The number of hydrogen-bond donors (Lipinski definition) is 1. The van der Waals surface area contributed by atoms with Gasteiger partial charge >= 0.3 is 5.97 Å². The molecule has 2 rings (SSSR count). The monoisotopic (exact) mass is 318 g/mol. The minimum absolute atomic E-state index is 0.294. The lowest BCUT2D eigenvalue weighted by Gasteiger charge is -2.15. The maximum absolute atomic E-state index is 12.7. The molecule has 0 unspecified atom stereocenters. The number of nitrogens with zero attached hydrogens (tertiary/aromatic N) is 2. The van der Waals surface area contributed by atoms with Gasteiger partial charge < -0.3 is 19.3 Å². The van der Waals surface area contributed by atoms with Crippen LogP contribution in [0, 0.1) is 6.92 Å². The number of aryl methyl sites for hydroxylation is 1. The van der Waals surface area contributed by atoms with E-state index in [4.69, 9.17) is 9.84 Å². The molecule has 6 heteroatoms. The van der Waals surface area contributed by atoms with Gasteiger partial charge in [-0.25, -0.2) is 0 Å². The van der Waals surface area contributed by atoms with Crippen molar-refractivity contribution in [1.29, 1.82) is 0 Å². The number of carboxylic acid groups (broad SMARTS) is 1. The van der Waals surface area contributed by atoms with E-state index in [1.807, 2.05) is 25.1 Å². The second-order valence-electron chi connectivity index (χ2n) is 5.55. The highest BCUT2D eigenvalue weighted by molar-refractivity contribution is 6.09. The van der Waals surface area contributed by atoms with E-state index < -0.39 is 5.97 Å². The topological polar surface area (TPSA) is 71.8 Å². The van der Waals surface area contributed by atoms with Gasteiger partial charge in [0.2, 0.25) is 0 Å². The van der Waals surface area contributed by atoms with Crippen LogP contribution in [-0.4, -0.2) is 47.2 Å². The lowest BCUT2D eigenvalue weighted by atomic mass is 10.1. The number of methoxy groups -OCH3 is 1. The summed E-state index contributed by atoms with van der Waals surface area (Å²) in [5, 5.41) is 9.70. The van der Waals surface area contributed by atoms with Gasteiger partial charge in [0.1, 0.15) is 12.3 Å². The highest BCUT2D eigenvalue weighted by Gasteiger charge is 2.23. The maximum atomic E-state index is 12.7. The number of ether oxygens (including phenoxy) is 1. The fourth-order valence-corrected chi connectivity index (χ4v) is 2.84. The van der Waals surface area contributed by atoms with Crippen LogP contribution in [0.15, 0.2) is 18.2 Å². The highest BCUT2D eigenvalue weighted by atomic mass is 16.5. The summed E-state index contributed by atoms with van der Waals surface area (Å²) in [4.78, 5) is 24.8. The lowest BCUT2D eigenvalue weighted by Crippen LogP contribution is -2.32. The molecule has 0 atom stereocenters. The van der Waals surface area contributed by atoms with Crippen molar-refractivity contribution in [3.05, 3.63) is 29.5 Å². The first-order chi connectivity index (χ1) is 10.9. The highest BCUT2D eigenvalue weighted by Crippen LogP contribution is 2.30. The summed E-state index contributed by atoms with van der Waals surface area (Å²) in [5.41, 5.74) is 2.34. The number of likely N-dealkylation sites (N-methyl/N-ethyl adjacent to an activating group) is 1. The minimum atomic E-state index is -1.03. The van der Waals surface area contributed by atoms with Gasteiger partial charge in [0.05, 0.1) is 12.7 Å². The molecule has 0 saturated heterocycles. The molecule has 23 heavy (non-hydrogen) atoms. The van der Waals surface area contributed by atoms with E-state index in [-0.39, 0.29) is 12.5 Å². The summed E-state index contributed by atoms with van der Waals surface area (Å²) in [6.07, 6.45) is 0.940. The number of carbonyl (C=O) groups excluding carboxylic acids is 1. The fraction of sp³-hybridized carbons (Fsp3) is 0.412. The van der Waals surface area contributed by atoms with Crippen molar-refractivity contribution in [2.24, 2.45) is 0 Å². The van der Waals surface area contributed by atoms with Gasteiger partial charge in [0.15, 0.2) is 0 Å². The standard InChI is InChI=1S/C17H22N2O4/c1-5-8-19-11(2)16(17(22)18(3)10-15(20)21)13-9-12(23-4)6-7-14(13)19/h6-7,9H,5,8,10H2,1-4H3,(H,20,21). The first-order valence-corrected chi connectivity index (χ1v) is 7.54. The average Bonchev–Trinajstić information content (AvgIpc) is 2.78. The van der Waals surface area contributed by atoms with Crippen LogP contribution < -0.4 is 4.74 Å². The number of carbonyl (C=O) groups is 2. The molecule has 1 N–H and O–H groups in total. The summed E-state index contributed by atoms with van der Waals surface area (Å²) in [7, 11) is 3.08. The van der Waals surface area contributed by atoms with Crippen LogP contribution in [0.3, 0.4) is 0 Å². The van der Waals surface area contributed by atoms with E-state index in [0.717, 1.165) is 29.6 Å². The Morgan fingerprint density at radius 3 is 2.61 bits per heavy atom. The zero-order valence-corrected chi connectivity index (χ0v) is 13.9. The molecule has 1 amide bonds. The molecule has 0 aliphatic rings.